The van der Waals surface area contributed by atoms with Gasteiger partial charge in [-0.2, -0.15) is 0 Å². The second-order valence-corrected chi connectivity index (χ2v) is 5.53. The van der Waals surface area contributed by atoms with E-state index in [0.717, 1.165) is 5.56 Å². The Morgan fingerprint density at radius 2 is 2.08 bits per heavy atom. The number of amides is 1. The van der Waals surface area contributed by atoms with Gasteiger partial charge in [0.25, 0.3) is 11.6 Å². The number of ether oxygens (including phenoxy) is 1. The molecule has 0 bridgehead atoms. The molecule has 0 spiro atoms. The summed E-state index contributed by atoms with van der Waals surface area (Å²) in [5.41, 5.74) is 1.57. The van der Waals surface area contributed by atoms with Gasteiger partial charge in [0, 0.05) is 30.7 Å². The van der Waals surface area contributed by atoms with E-state index in [9.17, 15) is 14.9 Å². The molecule has 0 saturated heterocycles. The minimum absolute atomic E-state index is 0.0879. The number of nitro benzene ring substituents is 1. The number of hydrogen-bond donors (Lipinski definition) is 1. The smallest absolute Gasteiger partial charge is 0.273 e. The van der Waals surface area contributed by atoms with Crippen LogP contribution in [-0.4, -0.2) is 27.0 Å². The predicted molar refractivity (Wildman–Crippen MR) is 95.0 cm³/mol. The van der Waals surface area contributed by atoms with Gasteiger partial charge in [0.1, 0.15) is 5.75 Å². The summed E-state index contributed by atoms with van der Waals surface area (Å²) in [6.45, 7) is 0.404. The Bertz CT molecular complexity index is 909. The molecule has 2 aromatic carbocycles. The SMILES string of the molecule is O=C(COc1cccc([N+](=O)[O-])c1)Nc1cccc(Cn2ccnc2)c1. The molecule has 0 saturated carbocycles. The van der Waals surface area contributed by atoms with E-state index < -0.39 is 4.92 Å². The first-order valence-electron chi connectivity index (χ1n) is 7.82. The third-order valence-corrected chi connectivity index (χ3v) is 3.53. The van der Waals surface area contributed by atoms with E-state index in [1.165, 1.54) is 18.2 Å². The maximum absolute atomic E-state index is 12.0. The van der Waals surface area contributed by atoms with Gasteiger partial charge < -0.3 is 14.6 Å². The third-order valence-electron chi connectivity index (χ3n) is 3.53. The Kier molecular flexibility index (Phi) is 5.23. The fourth-order valence-electron chi connectivity index (χ4n) is 2.37. The summed E-state index contributed by atoms with van der Waals surface area (Å²) in [4.78, 5) is 26.3. The van der Waals surface area contributed by atoms with Crippen LogP contribution >= 0.6 is 0 Å². The topological polar surface area (TPSA) is 99.3 Å². The number of hydrogen-bond acceptors (Lipinski definition) is 5. The first-order chi connectivity index (χ1) is 12.6. The van der Waals surface area contributed by atoms with Gasteiger partial charge in [-0.15, -0.1) is 0 Å². The molecule has 1 N–H and O–H groups in total. The van der Waals surface area contributed by atoms with Gasteiger partial charge in [-0.25, -0.2) is 4.98 Å². The van der Waals surface area contributed by atoms with Crippen LogP contribution in [0.15, 0.2) is 67.3 Å². The standard InChI is InChI=1S/C18H16N4O4/c23-18(12-26-17-6-2-5-16(10-17)22(24)25)20-15-4-1-3-14(9-15)11-21-8-7-19-13-21/h1-10,13H,11-12H2,(H,20,23). The molecule has 1 aromatic heterocycles. The highest BCUT2D eigenvalue weighted by Crippen LogP contribution is 2.19. The van der Waals surface area contributed by atoms with E-state index in [-0.39, 0.29) is 24.0 Å². The molecule has 132 valence electrons. The Hall–Kier alpha value is -3.68. The molecule has 0 aliphatic rings. The number of carbonyl (C=O) groups is 1. The lowest BCUT2D eigenvalue weighted by Crippen LogP contribution is -2.20. The molecule has 8 nitrogen and oxygen atoms in total. The molecule has 3 aromatic rings. The summed E-state index contributed by atoms with van der Waals surface area (Å²) in [5.74, 6) is -0.0838. The second-order valence-electron chi connectivity index (χ2n) is 5.53. The fourth-order valence-corrected chi connectivity index (χ4v) is 2.37. The van der Waals surface area contributed by atoms with Crippen LogP contribution in [0.5, 0.6) is 5.75 Å². The van der Waals surface area contributed by atoms with Gasteiger partial charge in [0.2, 0.25) is 0 Å². The lowest BCUT2D eigenvalue weighted by Gasteiger charge is -2.09. The number of benzene rings is 2. The minimum atomic E-state index is -0.515. The number of nitrogens with one attached hydrogen (secondary N) is 1. The Balaban J connectivity index is 1.56. The summed E-state index contributed by atoms with van der Waals surface area (Å²) in [6.07, 6.45) is 5.28. The van der Waals surface area contributed by atoms with Crippen LogP contribution in [0.3, 0.4) is 0 Å². The zero-order valence-electron chi connectivity index (χ0n) is 13.7. The zero-order valence-corrected chi connectivity index (χ0v) is 13.7. The highest BCUT2D eigenvalue weighted by atomic mass is 16.6. The van der Waals surface area contributed by atoms with Crippen LogP contribution < -0.4 is 10.1 Å². The van der Waals surface area contributed by atoms with E-state index >= 15 is 0 Å². The molecule has 0 atom stereocenters. The molecule has 1 amide bonds. The molecule has 3 rings (SSSR count). The first-order valence-corrected chi connectivity index (χ1v) is 7.82. The highest BCUT2D eigenvalue weighted by molar-refractivity contribution is 5.91. The number of nitrogens with zero attached hydrogens (tertiary/aromatic N) is 3. The minimum Gasteiger partial charge on any atom is -0.484 e. The number of imidazole rings is 1. The summed E-state index contributed by atoms with van der Waals surface area (Å²) in [6, 6.07) is 13.2. The van der Waals surface area contributed by atoms with Crippen molar-refractivity contribution in [2.75, 3.05) is 11.9 Å². The van der Waals surface area contributed by atoms with Crippen LogP contribution in [-0.2, 0) is 11.3 Å². The van der Waals surface area contributed by atoms with E-state index in [1.54, 1.807) is 24.7 Å². The molecular formula is C18H16N4O4. The Morgan fingerprint density at radius 1 is 1.23 bits per heavy atom. The van der Waals surface area contributed by atoms with Gasteiger partial charge in [-0.1, -0.05) is 18.2 Å². The molecule has 0 aliphatic carbocycles. The van der Waals surface area contributed by atoms with Gasteiger partial charge in [-0.05, 0) is 23.8 Å². The first kappa shape index (κ1) is 17.2. The second kappa shape index (κ2) is 7.93. The number of aromatic nitrogens is 2. The van der Waals surface area contributed by atoms with Gasteiger partial charge in [0.15, 0.2) is 6.61 Å². The van der Waals surface area contributed by atoms with Gasteiger partial charge in [-0.3, -0.25) is 14.9 Å². The summed E-state index contributed by atoms with van der Waals surface area (Å²) in [7, 11) is 0. The number of non-ortho nitro benzene ring substituents is 1. The van der Waals surface area contributed by atoms with Gasteiger partial charge in [0.05, 0.1) is 17.3 Å². The monoisotopic (exact) mass is 352 g/mol. The number of nitro groups is 1. The summed E-state index contributed by atoms with van der Waals surface area (Å²) >= 11 is 0. The fraction of sp³-hybridized carbons (Fsp3) is 0.111. The van der Waals surface area contributed by atoms with Crippen molar-refractivity contribution in [3.05, 3.63) is 82.9 Å². The highest BCUT2D eigenvalue weighted by Gasteiger charge is 2.09. The van der Waals surface area contributed by atoms with Crippen molar-refractivity contribution in [3.8, 4) is 5.75 Å². The maximum Gasteiger partial charge on any atom is 0.273 e. The van der Waals surface area contributed by atoms with Crippen LogP contribution in [0.1, 0.15) is 5.56 Å². The van der Waals surface area contributed by atoms with Crippen molar-refractivity contribution in [2.24, 2.45) is 0 Å². The lowest BCUT2D eigenvalue weighted by molar-refractivity contribution is -0.384. The van der Waals surface area contributed by atoms with Crippen LogP contribution in [0, 0.1) is 10.1 Å². The maximum atomic E-state index is 12.0. The van der Waals surface area contributed by atoms with E-state index in [1.807, 2.05) is 29.0 Å². The largest absolute Gasteiger partial charge is 0.484 e. The van der Waals surface area contributed by atoms with Crippen molar-refractivity contribution in [2.45, 2.75) is 6.54 Å². The average molecular weight is 352 g/mol. The number of rotatable bonds is 7. The van der Waals surface area contributed by atoms with Crippen molar-refractivity contribution >= 4 is 17.3 Å². The molecule has 26 heavy (non-hydrogen) atoms. The molecule has 8 heteroatoms. The van der Waals surface area contributed by atoms with Crippen molar-refractivity contribution in [1.29, 1.82) is 0 Å². The number of anilines is 1. The van der Waals surface area contributed by atoms with E-state index in [4.69, 9.17) is 4.74 Å². The zero-order chi connectivity index (χ0) is 18.4. The average Bonchev–Trinajstić information content (AvgIpc) is 3.13. The quantitative estimate of drug-likeness (QED) is 0.521. The van der Waals surface area contributed by atoms with Crippen LogP contribution in [0.4, 0.5) is 11.4 Å². The van der Waals surface area contributed by atoms with E-state index in [0.29, 0.717) is 12.2 Å². The van der Waals surface area contributed by atoms with Crippen molar-refractivity contribution in [1.82, 2.24) is 9.55 Å². The normalized spacial score (nSPS) is 10.3. The van der Waals surface area contributed by atoms with Crippen LogP contribution in [0.2, 0.25) is 0 Å². The van der Waals surface area contributed by atoms with E-state index in [2.05, 4.69) is 10.3 Å². The van der Waals surface area contributed by atoms with Crippen molar-refractivity contribution in [3.63, 3.8) is 0 Å². The van der Waals surface area contributed by atoms with Gasteiger partial charge >= 0.3 is 0 Å². The molecular weight excluding hydrogens is 336 g/mol. The molecule has 0 aliphatic heterocycles. The lowest BCUT2D eigenvalue weighted by atomic mass is 10.2. The number of carbonyl (C=O) groups excluding carboxylic acids is 1. The summed E-state index contributed by atoms with van der Waals surface area (Å²) < 4.78 is 7.24. The third kappa shape index (κ3) is 4.67. The molecule has 0 fully saturated rings. The van der Waals surface area contributed by atoms with Crippen LogP contribution in [0.25, 0.3) is 0 Å². The molecule has 1 heterocycles. The molecule has 0 unspecified atom stereocenters. The summed E-state index contributed by atoms with van der Waals surface area (Å²) in [5, 5.41) is 13.5. The van der Waals surface area contributed by atoms with Crippen molar-refractivity contribution < 1.29 is 14.5 Å². The predicted octanol–water partition coefficient (Wildman–Crippen LogP) is 2.86. The Morgan fingerprint density at radius 3 is 2.85 bits per heavy atom. The molecule has 0 radical (unpaired) electrons. The Labute approximate surface area is 149 Å².